The van der Waals surface area contributed by atoms with Gasteiger partial charge in [-0.3, -0.25) is 9.69 Å². The summed E-state index contributed by atoms with van der Waals surface area (Å²) in [7, 11) is 3.23. The van der Waals surface area contributed by atoms with E-state index in [1.807, 2.05) is 49.4 Å². The normalized spacial score (nSPS) is 20.8. The molecule has 10 heteroatoms. The van der Waals surface area contributed by atoms with Crippen LogP contribution in [0.2, 0.25) is 0 Å². The van der Waals surface area contributed by atoms with Crippen molar-refractivity contribution in [1.29, 1.82) is 0 Å². The van der Waals surface area contributed by atoms with Crippen molar-refractivity contribution in [2.45, 2.75) is 89.4 Å². The van der Waals surface area contributed by atoms with Crippen LogP contribution in [0.4, 0.5) is 0 Å². The number of ether oxygens (including phenoxy) is 5. The van der Waals surface area contributed by atoms with Gasteiger partial charge in [-0.05, 0) is 93.2 Å². The maximum absolute atomic E-state index is 14.3. The Morgan fingerprint density at radius 3 is 2.45 bits per heavy atom. The number of hydrogen-bond donors (Lipinski definition) is 1. The lowest BCUT2D eigenvalue weighted by molar-refractivity contribution is -0.165. The second-order valence-corrected chi connectivity index (χ2v) is 14.0. The minimum atomic E-state index is -0.885. The van der Waals surface area contributed by atoms with Gasteiger partial charge in [-0.15, -0.1) is 0 Å². The lowest BCUT2D eigenvalue weighted by Gasteiger charge is -2.40. The molecule has 0 radical (unpaired) electrons. The number of methoxy groups -OCH3 is 2. The largest absolute Gasteiger partial charge is 0.493 e. The third kappa shape index (κ3) is 10.7. The first-order valence-corrected chi connectivity index (χ1v) is 19.0. The van der Waals surface area contributed by atoms with Crippen LogP contribution in [0.1, 0.15) is 81.9 Å². The van der Waals surface area contributed by atoms with Gasteiger partial charge in [-0.2, -0.15) is 0 Å². The Balaban J connectivity index is 1.35. The van der Waals surface area contributed by atoms with E-state index >= 15 is 0 Å². The minimum absolute atomic E-state index is 0.0938. The molecule has 2 saturated heterocycles. The highest BCUT2D eigenvalue weighted by Gasteiger charge is 2.42. The summed E-state index contributed by atoms with van der Waals surface area (Å²) in [5.74, 6) is 1.00. The second kappa shape index (κ2) is 19.9. The molecule has 2 aliphatic heterocycles. The number of aliphatic hydroxyl groups is 1. The van der Waals surface area contributed by atoms with E-state index in [9.17, 15) is 14.7 Å². The molecular weight excluding hydrogens is 648 g/mol. The number of nitrogens with zero attached hydrogens (tertiary/aromatic N) is 2. The number of carbonyl (C=O) groups excluding carboxylic acids is 2. The zero-order valence-corrected chi connectivity index (χ0v) is 30.8. The van der Waals surface area contributed by atoms with Crippen LogP contribution in [-0.4, -0.2) is 99.1 Å². The first-order valence-electron chi connectivity index (χ1n) is 19.0. The molecule has 1 amide bonds. The number of morpholine rings is 1. The molecule has 51 heavy (non-hydrogen) atoms. The van der Waals surface area contributed by atoms with E-state index in [1.54, 1.807) is 31.3 Å². The predicted molar refractivity (Wildman–Crippen MR) is 196 cm³/mol. The van der Waals surface area contributed by atoms with Gasteiger partial charge in [0, 0.05) is 26.2 Å². The summed E-state index contributed by atoms with van der Waals surface area (Å²) in [6.07, 6.45) is 10.5. The van der Waals surface area contributed by atoms with Gasteiger partial charge in [0.25, 0.3) is 0 Å². The van der Waals surface area contributed by atoms with Crippen LogP contribution in [0, 0.1) is 11.8 Å². The number of piperidine rings is 1. The van der Waals surface area contributed by atoms with Crippen molar-refractivity contribution >= 4 is 11.9 Å². The van der Waals surface area contributed by atoms with Crippen LogP contribution in [0.5, 0.6) is 17.2 Å². The third-order valence-electron chi connectivity index (χ3n) is 10.7. The van der Waals surface area contributed by atoms with Crippen molar-refractivity contribution < 1.29 is 38.4 Å². The fraction of sp³-hybridized carbons (Fsp3) is 0.610. The van der Waals surface area contributed by atoms with E-state index in [0.29, 0.717) is 43.9 Å². The summed E-state index contributed by atoms with van der Waals surface area (Å²) in [5.41, 5.74) is 1.86. The number of likely N-dealkylation sites (tertiary alicyclic amines) is 1. The SMILES string of the molecule is CC=C[C@@H](O)[C@@H](C(=O)N1CCCCC1C(=O)OC(CCc1ccc(OC)c(OC)c1)c1cccc(OCCN2CCOCC2)c1)C1CCCCC1. The van der Waals surface area contributed by atoms with E-state index in [4.69, 9.17) is 23.7 Å². The van der Waals surface area contributed by atoms with E-state index in [1.165, 1.54) is 0 Å². The van der Waals surface area contributed by atoms with Gasteiger partial charge in [0.1, 0.15) is 24.5 Å². The van der Waals surface area contributed by atoms with E-state index in [2.05, 4.69) is 4.90 Å². The molecule has 4 atom stereocenters. The van der Waals surface area contributed by atoms with Crippen molar-refractivity contribution in [2.75, 3.05) is 60.2 Å². The first kappa shape index (κ1) is 38.6. The van der Waals surface area contributed by atoms with Gasteiger partial charge in [0.05, 0.1) is 39.5 Å². The average Bonchev–Trinajstić information content (AvgIpc) is 3.17. The molecule has 3 fully saturated rings. The molecule has 2 unspecified atom stereocenters. The van der Waals surface area contributed by atoms with E-state index in [0.717, 1.165) is 94.7 Å². The standard InChI is InChI=1S/C41H58N2O8/c1-4-11-35(44)39(31-12-6-5-7-13-31)40(45)43-21-9-8-16-34(43)41(46)51-36(19-17-30-18-20-37(47-2)38(28-30)48-3)32-14-10-15-33(29-32)50-27-24-42-22-25-49-26-23-42/h4,10-11,14-15,18,20,28-29,31,34-36,39,44H,5-9,12-13,16-17,19,21-27H2,1-3H3/t34?,35-,36?,39+/m1/s1. The van der Waals surface area contributed by atoms with Crippen molar-refractivity contribution in [3.63, 3.8) is 0 Å². The molecular formula is C41H58N2O8. The van der Waals surface area contributed by atoms with Crippen molar-refractivity contribution in [1.82, 2.24) is 9.80 Å². The predicted octanol–water partition coefficient (Wildman–Crippen LogP) is 6.15. The summed E-state index contributed by atoms with van der Waals surface area (Å²) < 4.78 is 29.0. The first-order chi connectivity index (χ1) is 24.9. The molecule has 2 heterocycles. The Hall–Kier alpha value is -3.60. The van der Waals surface area contributed by atoms with E-state index in [-0.39, 0.29) is 11.8 Å². The highest BCUT2D eigenvalue weighted by molar-refractivity contribution is 5.87. The summed E-state index contributed by atoms with van der Waals surface area (Å²) in [5, 5.41) is 11.2. The van der Waals surface area contributed by atoms with Crippen LogP contribution in [0.3, 0.4) is 0 Å². The maximum atomic E-state index is 14.3. The van der Waals surface area contributed by atoms with Gasteiger partial charge < -0.3 is 33.7 Å². The molecule has 0 bridgehead atoms. The molecule has 1 saturated carbocycles. The molecule has 1 aliphatic carbocycles. The second-order valence-electron chi connectivity index (χ2n) is 14.0. The molecule has 2 aromatic rings. The van der Waals surface area contributed by atoms with Gasteiger partial charge in [-0.25, -0.2) is 4.79 Å². The molecule has 10 nitrogen and oxygen atoms in total. The topological polar surface area (TPSA) is 107 Å². The quantitative estimate of drug-likeness (QED) is 0.163. The third-order valence-corrected chi connectivity index (χ3v) is 10.7. The fourth-order valence-corrected chi connectivity index (χ4v) is 7.84. The van der Waals surface area contributed by atoms with Gasteiger partial charge in [0.15, 0.2) is 11.5 Å². The average molecular weight is 707 g/mol. The summed E-state index contributed by atoms with van der Waals surface area (Å²) in [6.45, 7) is 6.96. The number of benzene rings is 2. The minimum Gasteiger partial charge on any atom is -0.493 e. The molecule has 3 aliphatic rings. The zero-order valence-electron chi connectivity index (χ0n) is 30.8. The molecule has 5 rings (SSSR count). The monoisotopic (exact) mass is 706 g/mol. The van der Waals surface area contributed by atoms with Crippen molar-refractivity contribution in [3.8, 4) is 17.2 Å². The number of esters is 1. The Morgan fingerprint density at radius 1 is 0.941 bits per heavy atom. The Kier molecular flexibility index (Phi) is 15.0. The Bertz CT molecular complexity index is 1420. The van der Waals surface area contributed by atoms with E-state index < -0.39 is 30.1 Å². The number of hydrogen-bond acceptors (Lipinski definition) is 9. The smallest absolute Gasteiger partial charge is 0.329 e. The maximum Gasteiger partial charge on any atom is 0.329 e. The summed E-state index contributed by atoms with van der Waals surface area (Å²) in [6, 6.07) is 12.9. The van der Waals surface area contributed by atoms with Gasteiger partial charge >= 0.3 is 5.97 Å². The van der Waals surface area contributed by atoms with Crippen LogP contribution in [0.15, 0.2) is 54.6 Å². The van der Waals surface area contributed by atoms with Crippen molar-refractivity contribution in [3.05, 3.63) is 65.7 Å². The Labute approximate surface area is 304 Å². The molecule has 280 valence electrons. The number of aliphatic hydroxyl groups excluding tert-OH is 1. The molecule has 0 aromatic heterocycles. The number of carbonyl (C=O) groups is 2. The van der Waals surface area contributed by atoms with Crippen LogP contribution >= 0.6 is 0 Å². The fourth-order valence-electron chi connectivity index (χ4n) is 7.84. The molecule has 2 aromatic carbocycles. The lowest BCUT2D eigenvalue weighted by atomic mass is 9.76. The van der Waals surface area contributed by atoms with Crippen LogP contribution in [-0.2, 0) is 25.5 Å². The number of aryl methyl sites for hydroxylation is 1. The van der Waals surface area contributed by atoms with Crippen LogP contribution in [0.25, 0.3) is 0 Å². The zero-order chi connectivity index (χ0) is 36.0. The van der Waals surface area contributed by atoms with Crippen LogP contribution < -0.4 is 14.2 Å². The van der Waals surface area contributed by atoms with Gasteiger partial charge in [0.2, 0.25) is 5.91 Å². The molecule has 0 spiro atoms. The summed E-state index contributed by atoms with van der Waals surface area (Å²) in [4.78, 5) is 32.6. The van der Waals surface area contributed by atoms with Crippen molar-refractivity contribution in [2.24, 2.45) is 11.8 Å². The Morgan fingerprint density at radius 2 is 1.71 bits per heavy atom. The number of rotatable bonds is 16. The highest BCUT2D eigenvalue weighted by atomic mass is 16.5. The highest BCUT2D eigenvalue weighted by Crippen LogP contribution is 2.36. The summed E-state index contributed by atoms with van der Waals surface area (Å²) >= 11 is 0. The lowest BCUT2D eigenvalue weighted by Crippen LogP contribution is -2.53. The van der Waals surface area contributed by atoms with Gasteiger partial charge in [-0.1, -0.05) is 49.6 Å². The molecule has 1 N–H and O–H groups in total. The number of amides is 1. The number of allylic oxidation sites excluding steroid dienone is 1.